The highest BCUT2D eigenvalue weighted by Gasteiger charge is 2.26. The van der Waals surface area contributed by atoms with E-state index in [4.69, 9.17) is 5.73 Å². The van der Waals surface area contributed by atoms with Crippen molar-refractivity contribution in [3.05, 3.63) is 0 Å². The lowest BCUT2D eigenvalue weighted by Gasteiger charge is -2.39. The first-order chi connectivity index (χ1) is 7.69. The Balaban J connectivity index is 2.48. The van der Waals surface area contributed by atoms with E-state index in [0.717, 1.165) is 24.9 Å². The summed E-state index contributed by atoms with van der Waals surface area (Å²) in [6.45, 7) is 9.01. The second-order valence-electron chi connectivity index (χ2n) is 5.57. The highest BCUT2D eigenvalue weighted by atomic mass is 15.2. The third kappa shape index (κ3) is 4.06. The topological polar surface area (TPSA) is 29.3 Å². The van der Waals surface area contributed by atoms with Gasteiger partial charge in [-0.15, -0.1) is 0 Å². The molecule has 0 amide bonds. The molecule has 2 heteroatoms. The molecule has 0 spiro atoms. The Hall–Kier alpha value is -0.0800. The zero-order chi connectivity index (χ0) is 12.0. The zero-order valence-corrected chi connectivity index (χ0v) is 11.4. The van der Waals surface area contributed by atoms with Crippen LogP contribution in [0, 0.1) is 5.92 Å². The maximum Gasteiger partial charge on any atom is 0.0101 e. The van der Waals surface area contributed by atoms with Crippen molar-refractivity contribution in [3.63, 3.8) is 0 Å². The minimum absolute atomic E-state index is 0.673. The molecule has 1 rings (SSSR count). The average Bonchev–Trinajstić information content (AvgIpc) is 2.29. The molecule has 0 aromatic carbocycles. The van der Waals surface area contributed by atoms with Crippen LogP contribution in [0.15, 0.2) is 0 Å². The molecule has 2 N–H and O–H groups in total. The van der Waals surface area contributed by atoms with Gasteiger partial charge < -0.3 is 5.73 Å². The van der Waals surface area contributed by atoms with E-state index in [1.165, 1.54) is 38.6 Å². The van der Waals surface area contributed by atoms with Crippen molar-refractivity contribution in [2.45, 2.75) is 71.4 Å². The zero-order valence-electron chi connectivity index (χ0n) is 11.4. The van der Waals surface area contributed by atoms with E-state index in [9.17, 15) is 0 Å². The average molecular weight is 226 g/mol. The van der Waals surface area contributed by atoms with Crippen LogP contribution in [0.1, 0.15) is 59.3 Å². The van der Waals surface area contributed by atoms with Gasteiger partial charge in [0.15, 0.2) is 0 Å². The SMILES string of the molecule is CCC1CCCC(N(CCCN)C(C)C)C1. The maximum atomic E-state index is 5.63. The van der Waals surface area contributed by atoms with E-state index < -0.39 is 0 Å². The van der Waals surface area contributed by atoms with Crippen LogP contribution in [0.4, 0.5) is 0 Å². The summed E-state index contributed by atoms with van der Waals surface area (Å²) in [6.07, 6.45) is 8.20. The quantitative estimate of drug-likeness (QED) is 0.754. The molecular weight excluding hydrogens is 196 g/mol. The highest BCUT2D eigenvalue weighted by Crippen LogP contribution is 2.30. The molecular formula is C14H30N2. The van der Waals surface area contributed by atoms with Gasteiger partial charge in [0.2, 0.25) is 0 Å². The number of rotatable bonds is 6. The second kappa shape index (κ2) is 7.29. The van der Waals surface area contributed by atoms with Gasteiger partial charge in [-0.05, 0) is 52.1 Å². The van der Waals surface area contributed by atoms with E-state index >= 15 is 0 Å². The van der Waals surface area contributed by atoms with Crippen molar-refractivity contribution in [1.82, 2.24) is 4.90 Å². The molecule has 0 radical (unpaired) electrons. The molecule has 96 valence electrons. The lowest BCUT2D eigenvalue weighted by molar-refractivity contribution is 0.0977. The third-order valence-corrected chi connectivity index (χ3v) is 4.09. The predicted octanol–water partition coefficient (Wildman–Crippen LogP) is 3.01. The van der Waals surface area contributed by atoms with E-state index in [-0.39, 0.29) is 0 Å². The Morgan fingerprint density at radius 1 is 1.31 bits per heavy atom. The van der Waals surface area contributed by atoms with Crippen molar-refractivity contribution in [2.75, 3.05) is 13.1 Å². The Labute approximate surface area is 102 Å². The van der Waals surface area contributed by atoms with Crippen LogP contribution in [0.2, 0.25) is 0 Å². The molecule has 0 aromatic rings. The largest absolute Gasteiger partial charge is 0.330 e. The molecule has 0 heterocycles. The van der Waals surface area contributed by atoms with Crippen molar-refractivity contribution < 1.29 is 0 Å². The second-order valence-corrected chi connectivity index (χ2v) is 5.57. The summed E-state index contributed by atoms with van der Waals surface area (Å²) in [5.74, 6) is 0.970. The van der Waals surface area contributed by atoms with Gasteiger partial charge in [0, 0.05) is 12.1 Å². The van der Waals surface area contributed by atoms with Crippen molar-refractivity contribution in [1.29, 1.82) is 0 Å². The van der Waals surface area contributed by atoms with Crippen LogP contribution >= 0.6 is 0 Å². The Morgan fingerprint density at radius 3 is 2.62 bits per heavy atom. The monoisotopic (exact) mass is 226 g/mol. The van der Waals surface area contributed by atoms with E-state index in [0.29, 0.717) is 6.04 Å². The smallest absolute Gasteiger partial charge is 0.0101 e. The summed E-state index contributed by atoms with van der Waals surface area (Å²) >= 11 is 0. The molecule has 1 aliphatic carbocycles. The molecule has 0 aliphatic heterocycles. The summed E-state index contributed by atoms with van der Waals surface area (Å²) < 4.78 is 0. The lowest BCUT2D eigenvalue weighted by atomic mass is 9.83. The molecule has 0 bridgehead atoms. The van der Waals surface area contributed by atoms with Crippen LogP contribution < -0.4 is 5.73 Å². The summed E-state index contributed by atoms with van der Waals surface area (Å²) in [5, 5.41) is 0. The van der Waals surface area contributed by atoms with Gasteiger partial charge in [-0.3, -0.25) is 4.90 Å². The fourth-order valence-electron chi connectivity index (χ4n) is 3.07. The summed E-state index contributed by atoms with van der Waals surface area (Å²) in [7, 11) is 0. The van der Waals surface area contributed by atoms with Crippen LogP contribution in [-0.2, 0) is 0 Å². The molecule has 0 aromatic heterocycles. The van der Waals surface area contributed by atoms with Crippen molar-refractivity contribution in [2.24, 2.45) is 11.7 Å². The van der Waals surface area contributed by atoms with Crippen LogP contribution in [0.5, 0.6) is 0 Å². The summed E-state index contributed by atoms with van der Waals surface area (Å²) in [6, 6.07) is 1.50. The van der Waals surface area contributed by atoms with Crippen molar-refractivity contribution >= 4 is 0 Å². The first kappa shape index (κ1) is 14.0. The van der Waals surface area contributed by atoms with Gasteiger partial charge in [-0.1, -0.05) is 26.2 Å². The first-order valence-electron chi connectivity index (χ1n) is 7.14. The van der Waals surface area contributed by atoms with Crippen molar-refractivity contribution in [3.8, 4) is 0 Å². The van der Waals surface area contributed by atoms with Gasteiger partial charge in [-0.25, -0.2) is 0 Å². The highest BCUT2D eigenvalue weighted by molar-refractivity contribution is 4.81. The molecule has 16 heavy (non-hydrogen) atoms. The number of hydrogen-bond donors (Lipinski definition) is 1. The molecule has 2 atom stereocenters. The van der Waals surface area contributed by atoms with Gasteiger partial charge in [-0.2, -0.15) is 0 Å². The summed E-state index contributed by atoms with van der Waals surface area (Å²) in [4.78, 5) is 2.69. The van der Waals surface area contributed by atoms with Gasteiger partial charge in [0.1, 0.15) is 0 Å². The van der Waals surface area contributed by atoms with Gasteiger partial charge >= 0.3 is 0 Å². The maximum absolute atomic E-state index is 5.63. The lowest BCUT2D eigenvalue weighted by Crippen LogP contribution is -2.44. The van der Waals surface area contributed by atoms with E-state index in [1.807, 2.05) is 0 Å². The number of hydrogen-bond acceptors (Lipinski definition) is 2. The molecule has 2 unspecified atom stereocenters. The van der Waals surface area contributed by atoms with Crippen LogP contribution in [0.3, 0.4) is 0 Å². The van der Waals surface area contributed by atoms with Gasteiger partial charge in [0.05, 0.1) is 0 Å². The summed E-state index contributed by atoms with van der Waals surface area (Å²) in [5.41, 5.74) is 5.63. The Bertz CT molecular complexity index is 180. The normalized spacial score (nSPS) is 26.6. The fourth-order valence-corrected chi connectivity index (χ4v) is 3.07. The molecule has 1 aliphatic rings. The first-order valence-corrected chi connectivity index (χ1v) is 7.14. The molecule has 1 saturated carbocycles. The molecule has 1 fully saturated rings. The standard InChI is InChI=1S/C14H30N2/c1-4-13-7-5-8-14(11-13)16(12(2)3)10-6-9-15/h12-14H,4-11,15H2,1-3H3. The number of nitrogens with zero attached hydrogens (tertiary/aromatic N) is 1. The Kier molecular flexibility index (Phi) is 6.37. The Morgan fingerprint density at radius 2 is 2.06 bits per heavy atom. The predicted molar refractivity (Wildman–Crippen MR) is 71.6 cm³/mol. The fraction of sp³-hybridized carbons (Fsp3) is 1.00. The minimum atomic E-state index is 0.673. The third-order valence-electron chi connectivity index (χ3n) is 4.09. The number of nitrogens with two attached hydrogens (primary N) is 1. The molecule has 0 saturated heterocycles. The van der Waals surface area contributed by atoms with E-state index in [2.05, 4.69) is 25.7 Å². The minimum Gasteiger partial charge on any atom is -0.330 e. The van der Waals surface area contributed by atoms with Crippen LogP contribution in [0.25, 0.3) is 0 Å². The van der Waals surface area contributed by atoms with E-state index in [1.54, 1.807) is 0 Å². The van der Waals surface area contributed by atoms with Gasteiger partial charge in [0.25, 0.3) is 0 Å². The molecule has 2 nitrogen and oxygen atoms in total. The van der Waals surface area contributed by atoms with Crippen LogP contribution in [-0.4, -0.2) is 30.1 Å².